The van der Waals surface area contributed by atoms with Gasteiger partial charge in [0.2, 0.25) is 11.8 Å². The zero-order valence-electron chi connectivity index (χ0n) is 16.1. The Bertz CT molecular complexity index is 888. The van der Waals surface area contributed by atoms with Gasteiger partial charge in [-0.3, -0.25) is 9.59 Å². The third-order valence-electron chi connectivity index (χ3n) is 5.74. The van der Waals surface area contributed by atoms with Gasteiger partial charge in [0.25, 0.3) is 0 Å². The van der Waals surface area contributed by atoms with Gasteiger partial charge in [-0.2, -0.15) is 0 Å². The first kappa shape index (κ1) is 19.4. The molecule has 1 atom stereocenters. The quantitative estimate of drug-likeness (QED) is 0.738. The molecule has 2 heterocycles. The number of nitrogens with zero attached hydrogens (tertiary/aromatic N) is 2. The van der Waals surface area contributed by atoms with Crippen LogP contribution in [0.15, 0.2) is 23.1 Å². The van der Waals surface area contributed by atoms with Gasteiger partial charge in [-0.1, -0.05) is 0 Å². The molecule has 0 radical (unpaired) electrons. The molecule has 8 heteroatoms. The number of fused-ring (bicyclic) bond motifs is 1. The first-order chi connectivity index (χ1) is 13.4. The van der Waals surface area contributed by atoms with E-state index in [1.54, 1.807) is 23.1 Å². The Morgan fingerprint density at radius 1 is 1.18 bits per heavy atom. The molecule has 2 fully saturated rings. The molecule has 4 rings (SSSR count). The molecule has 1 saturated carbocycles. The summed E-state index contributed by atoms with van der Waals surface area (Å²) in [4.78, 5) is 28.5. The summed E-state index contributed by atoms with van der Waals surface area (Å²) < 4.78 is 30.7. The van der Waals surface area contributed by atoms with Gasteiger partial charge in [-0.15, -0.1) is 0 Å². The van der Waals surface area contributed by atoms with Crippen molar-refractivity contribution < 1.29 is 22.7 Å². The number of amides is 2. The maximum Gasteiger partial charge on any atom is 0.230 e. The van der Waals surface area contributed by atoms with E-state index in [0.29, 0.717) is 32.7 Å². The molecule has 1 saturated heterocycles. The largest absolute Gasteiger partial charge is 0.378 e. The molecule has 1 aromatic rings. The fourth-order valence-corrected chi connectivity index (χ4v) is 5.25. The third kappa shape index (κ3) is 3.80. The second-order valence-corrected chi connectivity index (χ2v) is 10.00. The van der Waals surface area contributed by atoms with Gasteiger partial charge in [0.1, 0.15) is 0 Å². The summed E-state index contributed by atoms with van der Waals surface area (Å²) in [5.41, 5.74) is 1.72. The van der Waals surface area contributed by atoms with E-state index >= 15 is 0 Å². The zero-order chi connectivity index (χ0) is 19.9. The lowest BCUT2D eigenvalue weighted by molar-refractivity contribution is -0.134. The predicted octanol–water partition coefficient (Wildman–Crippen LogP) is 1.40. The second kappa shape index (κ2) is 7.48. The Morgan fingerprint density at radius 3 is 2.57 bits per heavy atom. The monoisotopic (exact) mass is 406 g/mol. The van der Waals surface area contributed by atoms with E-state index in [1.807, 2.05) is 11.8 Å². The molecule has 1 unspecified atom stereocenters. The van der Waals surface area contributed by atoms with Crippen molar-refractivity contribution >= 4 is 27.3 Å². The highest BCUT2D eigenvalue weighted by Crippen LogP contribution is 2.39. The van der Waals surface area contributed by atoms with Gasteiger partial charge in [0.15, 0.2) is 9.84 Å². The van der Waals surface area contributed by atoms with Crippen LogP contribution in [0.2, 0.25) is 0 Å². The molecular weight excluding hydrogens is 380 g/mol. The smallest absolute Gasteiger partial charge is 0.230 e. The molecule has 0 spiro atoms. The minimum Gasteiger partial charge on any atom is -0.378 e. The number of ether oxygens (including phenoxy) is 1. The molecule has 2 aliphatic heterocycles. The molecule has 0 bridgehead atoms. The number of morpholine rings is 1. The molecule has 152 valence electrons. The summed E-state index contributed by atoms with van der Waals surface area (Å²) >= 11 is 0. The van der Waals surface area contributed by atoms with Crippen LogP contribution < -0.4 is 4.90 Å². The van der Waals surface area contributed by atoms with Crippen molar-refractivity contribution in [2.24, 2.45) is 5.92 Å². The van der Waals surface area contributed by atoms with Crippen molar-refractivity contribution in [3.05, 3.63) is 23.8 Å². The molecule has 1 aliphatic carbocycles. The van der Waals surface area contributed by atoms with Gasteiger partial charge in [-0.05, 0) is 49.9 Å². The Kier molecular flexibility index (Phi) is 5.18. The number of carbonyl (C=O) groups excluding carboxylic acids is 2. The van der Waals surface area contributed by atoms with E-state index in [9.17, 15) is 18.0 Å². The van der Waals surface area contributed by atoms with Crippen LogP contribution in [0.4, 0.5) is 5.69 Å². The number of carbonyl (C=O) groups is 2. The van der Waals surface area contributed by atoms with Crippen LogP contribution in [-0.4, -0.2) is 63.2 Å². The summed E-state index contributed by atoms with van der Waals surface area (Å²) in [7, 11) is -3.56. The zero-order valence-corrected chi connectivity index (χ0v) is 16.9. The van der Waals surface area contributed by atoms with Crippen LogP contribution in [-0.2, 0) is 30.6 Å². The fourth-order valence-electron chi connectivity index (χ4n) is 3.97. The van der Waals surface area contributed by atoms with E-state index < -0.39 is 9.84 Å². The van der Waals surface area contributed by atoms with E-state index in [1.165, 1.54) is 0 Å². The van der Waals surface area contributed by atoms with Crippen LogP contribution in [0.5, 0.6) is 0 Å². The Labute approximate surface area is 165 Å². The summed E-state index contributed by atoms with van der Waals surface area (Å²) in [6.45, 7) is 4.02. The molecule has 28 heavy (non-hydrogen) atoms. The molecule has 7 nitrogen and oxygen atoms in total. The van der Waals surface area contributed by atoms with Crippen molar-refractivity contribution in [3.63, 3.8) is 0 Å². The molecule has 1 aromatic carbocycles. The van der Waals surface area contributed by atoms with E-state index in [4.69, 9.17) is 4.74 Å². The topological polar surface area (TPSA) is 84.0 Å². The molecule has 0 N–H and O–H groups in total. The predicted molar refractivity (Wildman–Crippen MR) is 104 cm³/mol. The molecule has 3 aliphatic rings. The van der Waals surface area contributed by atoms with Crippen LogP contribution in [0.25, 0.3) is 0 Å². The van der Waals surface area contributed by atoms with Crippen molar-refractivity contribution in [3.8, 4) is 0 Å². The number of benzene rings is 1. The maximum absolute atomic E-state index is 12.8. The first-order valence-electron chi connectivity index (χ1n) is 9.91. The Balaban J connectivity index is 1.46. The molecular formula is C20H26N2O5S. The summed E-state index contributed by atoms with van der Waals surface area (Å²) in [5, 5.41) is 0. The summed E-state index contributed by atoms with van der Waals surface area (Å²) in [6.07, 6.45) is 2.52. The number of rotatable bonds is 5. The number of hydrogen-bond acceptors (Lipinski definition) is 5. The average molecular weight is 407 g/mol. The van der Waals surface area contributed by atoms with Crippen molar-refractivity contribution in [2.45, 2.75) is 43.5 Å². The van der Waals surface area contributed by atoms with Gasteiger partial charge in [0.05, 0.1) is 23.9 Å². The van der Waals surface area contributed by atoms with Crippen LogP contribution >= 0.6 is 0 Å². The van der Waals surface area contributed by atoms with E-state index in [-0.39, 0.29) is 40.8 Å². The highest BCUT2D eigenvalue weighted by atomic mass is 32.2. The summed E-state index contributed by atoms with van der Waals surface area (Å²) in [6, 6.07) is 5.04. The number of hydrogen-bond donors (Lipinski definition) is 0. The van der Waals surface area contributed by atoms with Gasteiger partial charge >= 0.3 is 0 Å². The normalized spacial score (nSPS) is 22.2. The fraction of sp³-hybridized carbons (Fsp3) is 0.600. The van der Waals surface area contributed by atoms with Crippen molar-refractivity contribution in [2.75, 3.05) is 37.0 Å². The maximum atomic E-state index is 12.8. The SMILES string of the molecule is CC1Cc2cc(S(=O)(=O)CCC(=O)N3CCOCC3)ccc2N1C(=O)C1CC1. The van der Waals surface area contributed by atoms with E-state index in [0.717, 1.165) is 24.1 Å². The Hall–Kier alpha value is -1.93. The standard InChI is InChI=1S/C20H26N2O5S/c1-14-12-16-13-17(4-5-18(16)22(14)20(24)15-2-3-15)28(25,26)11-6-19(23)21-7-9-27-10-8-21/h4-5,13-15H,2-3,6-12H2,1H3. The van der Waals surface area contributed by atoms with Crippen LogP contribution in [0.3, 0.4) is 0 Å². The van der Waals surface area contributed by atoms with E-state index in [2.05, 4.69) is 0 Å². The lowest BCUT2D eigenvalue weighted by atomic mass is 10.1. The summed E-state index contributed by atoms with van der Waals surface area (Å²) in [5.74, 6) is -0.0775. The lowest BCUT2D eigenvalue weighted by Crippen LogP contribution is -2.41. The Morgan fingerprint density at radius 2 is 1.89 bits per heavy atom. The first-order valence-corrected chi connectivity index (χ1v) is 11.6. The highest BCUT2D eigenvalue weighted by molar-refractivity contribution is 7.91. The number of anilines is 1. The third-order valence-corrected chi connectivity index (χ3v) is 7.45. The molecule has 2 amide bonds. The lowest BCUT2D eigenvalue weighted by Gasteiger charge is -2.26. The second-order valence-electron chi connectivity index (χ2n) is 7.89. The van der Waals surface area contributed by atoms with Crippen molar-refractivity contribution in [1.82, 2.24) is 4.90 Å². The van der Waals surface area contributed by atoms with Gasteiger partial charge < -0.3 is 14.5 Å². The van der Waals surface area contributed by atoms with Crippen molar-refractivity contribution in [1.29, 1.82) is 0 Å². The molecule has 0 aromatic heterocycles. The number of sulfone groups is 1. The highest BCUT2D eigenvalue weighted by Gasteiger charge is 2.39. The van der Waals surface area contributed by atoms with Crippen LogP contribution in [0.1, 0.15) is 31.7 Å². The van der Waals surface area contributed by atoms with Gasteiger partial charge in [0, 0.05) is 37.2 Å². The van der Waals surface area contributed by atoms with Crippen LogP contribution in [0, 0.1) is 5.92 Å². The average Bonchev–Trinajstić information content (AvgIpc) is 3.48. The van der Waals surface area contributed by atoms with Gasteiger partial charge in [-0.25, -0.2) is 8.42 Å². The minimum absolute atomic E-state index is 0.0257. The minimum atomic E-state index is -3.56.